The van der Waals surface area contributed by atoms with Crippen LogP contribution in [0.25, 0.3) is 5.57 Å². The Morgan fingerprint density at radius 1 is 1.04 bits per heavy atom. The largest absolute Gasteiger partial charge is 0.245 e. The minimum absolute atomic E-state index is 0.0560. The minimum Gasteiger partial charge on any atom is -0.207 e. The van der Waals surface area contributed by atoms with E-state index in [9.17, 15) is 12.8 Å². The molecule has 0 aliphatic carbocycles. The van der Waals surface area contributed by atoms with Gasteiger partial charge in [-0.15, -0.1) is 0 Å². The molecule has 24 heavy (non-hydrogen) atoms. The van der Waals surface area contributed by atoms with Crippen LogP contribution in [0.5, 0.6) is 0 Å². The SMILES string of the molecule is O=S(=O)(c1c(Br)cc(F)cc1Br)N1CC=C(c2ccccc2)CC1. The highest BCUT2D eigenvalue weighted by Gasteiger charge is 2.30. The van der Waals surface area contributed by atoms with Crippen LogP contribution in [0.4, 0.5) is 4.39 Å². The van der Waals surface area contributed by atoms with Gasteiger partial charge in [0.2, 0.25) is 10.0 Å². The molecule has 1 heterocycles. The third-order valence-electron chi connectivity index (χ3n) is 3.88. The molecule has 0 N–H and O–H groups in total. The fraction of sp³-hybridized carbons (Fsp3) is 0.176. The summed E-state index contributed by atoms with van der Waals surface area (Å²) < 4.78 is 41.0. The van der Waals surface area contributed by atoms with Crippen molar-refractivity contribution in [2.75, 3.05) is 13.1 Å². The third kappa shape index (κ3) is 3.49. The summed E-state index contributed by atoms with van der Waals surface area (Å²) in [6.45, 7) is 0.683. The molecule has 0 bridgehead atoms. The predicted octanol–water partition coefficient (Wildman–Crippen LogP) is 4.83. The number of sulfonamides is 1. The van der Waals surface area contributed by atoms with Gasteiger partial charge in [-0.05, 0) is 61.5 Å². The molecule has 7 heteroatoms. The zero-order valence-electron chi connectivity index (χ0n) is 12.5. The van der Waals surface area contributed by atoms with Crippen LogP contribution >= 0.6 is 31.9 Å². The second-order valence-electron chi connectivity index (χ2n) is 5.41. The molecule has 1 aliphatic heterocycles. The molecule has 0 fully saturated rings. The van der Waals surface area contributed by atoms with Crippen LogP contribution < -0.4 is 0 Å². The maximum Gasteiger partial charge on any atom is 0.245 e. The van der Waals surface area contributed by atoms with Crippen LogP contribution in [0.3, 0.4) is 0 Å². The first-order chi connectivity index (χ1) is 11.4. The molecule has 0 radical (unpaired) electrons. The van der Waals surface area contributed by atoms with Gasteiger partial charge >= 0.3 is 0 Å². The average Bonchev–Trinajstić information content (AvgIpc) is 2.54. The molecule has 3 rings (SSSR count). The van der Waals surface area contributed by atoms with Crippen LogP contribution in [0.1, 0.15) is 12.0 Å². The Morgan fingerprint density at radius 2 is 1.67 bits per heavy atom. The molecule has 2 aromatic rings. The second-order valence-corrected chi connectivity index (χ2v) is 8.99. The lowest BCUT2D eigenvalue weighted by molar-refractivity contribution is 0.440. The third-order valence-corrected chi connectivity index (χ3v) is 7.62. The highest BCUT2D eigenvalue weighted by molar-refractivity contribution is 9.11. The zero-order chi connectivity index (χ0) is 17.3. The van der Waals surface area contributed by atoms with Crippen molar-refractivity contribution in [3.63, 3.8) is 0 Å². The van der Waals surface area contributed by atoms with Gasteiger partial charge in [-0.2, -0.15) is 4.31 Å². The first-order valence-corrected chi connectivity index (χ1v) is 10.3. The van der Waals surface area contributed by atoms with Crippen molar-refractivity contribution >= 4 is 47.5 Å². The molecule has 1 aliphatic rings. The molecule has 0 atom stereocenters. The van der Waals surface area contributed by atoms with Crippen molar-refractivity contribution in [2.45, 2.75) is 11.3 Å². The maximum atomic E-state index is 13.4. The van der Waals surface area contributed by atoms with E-state index >= 15 is 0 Å². The maximum absolute atomic E-state index is 13.4. The lowest BCUT2D eigenvalue weighted by atomic mass is 10.0. The summed E-state index contributed by atoms with van der Waals surface area (Å²) in [6.07, 6.45) is 2.57. The Morgan fingerprint density at radius 3 is 2.21 bits per heavy atom. The fourth-order valence-corrected chi connectivity index (χ4v) is 6.52. The Labute approximate surface area is 157 Å². The number of nitrogens with zero attached hydrogens (tertiary/aromatic N) is 1. The summed E-state index contributed by atoms with van der Waals surface area (Å²) in [5, 5.41) is 0. The number of halogens is 3. The summed E-state index contributed by atoms with van der Waals surface area (Å²) in [5.74, 6) is -0.502. The summed E-state index contributed by atoms with van der Waals surface area (Å²) in [5.41, 5.74) is 2.25. The van der Waals surface area contributed by atoms with E-state index in [1.165, 1.54) is 4.31 Å². The summed E-state index contributed by atoms with van der Waals surface area (Å²) >= 11 is 6.32. The Kier molecular flexibility index (Phi) is 5.24. The number of hydrogen-bond acceptors (Lipinski definition) is 2. The first kappa shape index (κ1) is 17.8. The summed E-state index contributed by atoms with van der Waals surface area (Å²) in [4.78, 5) is 0.0560. The van der Waals surface area contributed by atoms with Gasteiger partial charge in [-0.3, -0.25) is 0 Å². The molecular formula is C17H14Br2FNO2S. The number of benzene rings is 2. The molecule has 2 aromatic carbocycles. The molecule has 0 unspecified atom stereocenters. The van der Waals surface area contributed by atoms with Crippen molar-refractivity contribution in [1.29, 1.82) is 0 Å². The van der Waals surface area contributed by atoms with Crippen LogP contribution in [0.15, 0.2) is 62.4 Å². The van der Waals surface area contributed by atoms with Crippen LogP contribution in [0, 0.1) is 5.82 Å². The van der Waals surface area contributed by atoms with E-state index in [0.29, 0.717) is 19.5 Å². The van der Waals surface area contributed by atoms with Gasteiger partial charge in [-0.25, -0.2) is 12.8 Å². The molecule has 3 nitrogen and oxygen atoms in total. The normalized spacial score (nSPS) is 16.0. The number of rotatable bonds is 3. The lowest BCUT2D eigenvalue weighted by Crippen LogP contribution is -2.35. The van der Waals surface area contributed by atoms with E-state index in [1.807, 2.05) is 36.4 Å². The predicted molar refractivity (Wildman–Crippen MR) is 99.6 cm³/mol. The zero-order valence-corrected chi connectivity index (χ0v) is 16.5. The second kappa shape index (κ2) is 7.07. The van der Waals surface area contributed by atoms with E-state index in [-0.39, 0.29) is 13.8 Å². The topological polar surface area (TPSA) is 37.4 Å². The standard InChI is InChI=1S/C17H14Br2FNO2S/c18-15-10-14(20)11-16(19)17(15)24(22,23)21-8-6-13(7-9-21)12-4-2-1-3-5-12/h1-6,10-11H,7-9H2. The van der Waals surface area contributed by atoms with Gasteiger partial charge in [0.05, 0.1) is 0 Å². The lowest BCUT2D eigenvalue weighted by Gasteiger charge is -2.27. The summed E-state index contributed by atoms with van der Waals surface area (Å²) in [7, 11) is -3.72. The van der Waals surface area contributed by atoms with E-state index < -0.39 is 15.8 Å². The van der Waals surface area contributed by atoms with Crippen molar-refractivity contribution in [3.05, 3.63) is 68.9 Å². The van der Waals surface area contributed by atoms with Crippen molar-refractivity contribution < 1.29 is 12.8 Å². The highest BCUT2D eigenvalue weighted by atomic mass is 79.9. The van der Waals surface area contributed by atoms with E-state index in [2.05, 4.69) is 31.9 Å². The van der Waals surface area contributed by atoms with E-state index in [1.54, 1.807) is 0 Å². The smallest absolute Gasteiger partial charge is 0.207 e. The van der Waals surface area contributed by atoms with Crippen LogP contribution in [-0.4, -0.2) is 25.8 Å². The first-order valence-electron chi connectivity index (χ1n) is 7.29. The summed E-state index contributed by atoms with van der Waals surface area (Å²) in [6, 6.07) is 12.2. The Balaban J connectivity index is 1.90. The average molecular weight is 475 g/mol. The van der Waals surface area contributed by atoms with Gasteiger partial charge in [0.15, 0.2) is 0 Å². The molecule has 0 amide bonds. The van der Waals surface area contributed by atoms with E-state index in [4.69, 9.17) is 0 Å². The van der Waals surface area contributed by atoms with Crippen LogP contribution in [-0.2, 0) is 10.0 Å². The Bertz CT molecular complexity index is 875. The molecule has 0 spiro atoms. The molecule has 0 saturated carbocycles. The van der Waals surface area contributed by atoms with Crippen LogP contribution in [0.2, 0.25) is 0 Å². The highest BCUT2D eigenvalue weighted by Crippen LogP contribution is 2.34. The quantitative estimate of drug-likeness (QED) is 0.638. The fourth-order valence-electron chi connectivity index (χ4n) is 2.69. The van der Waals surface area contributed by atoms with Crippen molar-refractivity contribution in [1.82, 2.24) is 4.31 Å². The molecular weight excluding hydrogens is 461 g/mol. The van der Waals surface area contributed by atoms with Gasteiger partial charge in [0, 0.05) is 22.0 Å². The van der Waals surface area contributed by atoms with Gasteiger partial charge in [0.1, 0.15) is 10.7 Å². The monoisotopic (exact) mass is 473 g/mol. The van der Waals surface area contributed by atoms with Gasteiger partial charge in [-0.1, -0.05) is 36.4 Å². The Hall–Kier alpha value is -1.02. The van der Waals surface area contributed by atoms with Crippen molar-refractivity contribution in [3.8, 4) is 0 Å². The van der Waals surface area contributed by atoms with Gasteiger partial charge in [0.25, 0.3) is 0 Å². The molecule has 0 saturated heterocycles. The van der Waals surface area contributed by atoms with Gasteiger partial charge < -0.3 is 0 Å². The van der Waals surface area contributed by atoms with Crippen molar-refractivity contribution in [2.24, 2.45) is 0 Å². The minimum atomic E-state index is -3.72. The van der Waals surface area contributed by atoms with E-state index in [0.717, 1.165) is 23.3 Å². The number of hydrogen-bond donors (Lipinski definition) is 0. The molecule has 126 valence electrons. The molecule has 0 aromatic heterocycles.